The molecule has 2 heterocycles. The molecule has 0 spiro atoms. The number of halogens is 2. The molecule has 0 atom stereocenters. The molecule has 3 rings (SSSR count). The first-order valence-corrected chi connectivity index (χ1v) is 10.7. The number of benzene rings is 1. The van der Waals surface area contributed by atoms with Gasteiger partial charge in [0, 0.05) is 43.9 Å². The van der Waals surface area contributed by atoms with E-state index >= 15 is 0 Å². The van der Waals surface area contributed by atoms with E-state index in [0.29, 0.717) is 31.9 Å². The van der Waals surface area contributed by atoms with Crippen LogP contribution in [0.25, 0.3) is 0 Å². The molecule has 0 N–H and O–H groups in total. The maximum absolute atomic E-state index is 13.0. The van der Waals surface area contributed by atoms with Crippen LogP contribution in [0.5, 0.6) is 0 Å². The zero-order valence-corrected chi connectivity index (χ0v) is 17.0. The van der Waals surface area contributed by atoms with Crippen molar-refractivity contribution in [3.63, 3.8) is 0 Å². The summed E-state index contributed by atoms with van der Waals surface area (Å²) < 4.78 is 50.1. The Hall–Kier alpha value is -2.29. The Morgan fingerprint density at radius 1 is 1.00 bits per heavy atom. The normalized spacial score (nSPS) is 15.5. The molecule has 1 fully saturated rings. The first-order chi connectivity index (χ1) is 13.2. The van der Waals surface area contributed by atoms with E-state index in [9.17, 15) is 17.2 Å². The number of hydrogen-bond donors (Lipinski definition) is 0. The SMILES string of the molecule is Cc1cc(N2CCN(c3ccccc3S(=O)(=O)C(F)F)CC2)nc(C(C)C)n1. The number of para-hydroxylation sites is 1. The fraction of sp³-hybridized carbons (Fsp3) is 0.474. The Morgan fingerprint density at radius 3 is 2.21 bits per heavy atom. The van der Waals surface area contributed by atoms with Crippen LogP contribution in [0.4, 0.5) is 20.3 Å². The van der Waals surface area contributed by atoms with E-state index in [0.717, 1.165) is 17.3 Å². The summed E-state index contributed by atoms with van der Waals surface area (Å²) in [7, 11) is -4.65. The number of aromatic nitrogens is 2. The van der Waals surface area contributed by atoms with Crippen LogP contribution in [-0.4, -0.2) is 50.3 Å². The van der Waals surface area contributed by atoms with E-state index in [2.05, 4.69) is 14.9 Å². The van der Waals surface area contributed by atoms with E-state index in [1.807, 2.05) is 31.7 Å². The van der Waals surface area contributed by atoms with E-state index in [1.165, 1.54) is 12.1 Å². The molecule has 9 heteroatoms. The molecule has 28 heavy (non-hydrogen) atoms. The first-order valence-electron chi connectivity index (χ1n) is 9.16. The second kappa shape index (κ2) is 7.98. The number of sulfone groups is 1. The van der Waals surface area contributed by atoms with E-state index in [1.54, 1.807) is 12.1 Å². The van der Waals surface area contributed by atoms with Crippen LogP contribution in [0.3, 0.4) is 0 Å². The van der Waals surface area contributed by atoms with Crippen molar-refractivity contribution in [1.82, 2.24) is 9.97 Å². The van der Waals surface area contributed by atoms with Crippen molar-refractivity contribution < 1.29 is 17.2 Å². The Bertz CT molecular complexity index is 943. The van der Waals surface area contributed by atoms with Crippen LogP contribution in [0.2, 0.25) is 0 Å². The third-order valence-electron chi connectivity index (χ3n) is 4.73. The number of anilines is 2. The van der Waals surface area contributed by atoms with Gasteiger partial charge in [-0.05, 0) is 19.1 Å². The molecule has 1 saturated heterocycles. The highest BCUT2D eigenvalue weighted by Crippen LogP contribution is 2.30. The van der Waals surface area contributed by atoms with Gasteiger partial charge in [0.2, 0.25) is 9.84 Å². The summed E-state index contributed by atoms with van der Waals surface area (Å²) >= 11 is 0. The minimum atomic E-state index is -4.65. The fourth-order valence-corrected chi connectivity index (χ4v) is 4.17. The molecule has 152 valence electrons. The van der Waals surface area contributed by atoms with Gasteiger partial charge in [-0.3, -0.25) is 0 Å². The van der Waals surface area contributed by atoms with Crippen LogP contribution in [0, 0.1) is 6.92 Å². The molecular formula is C19H24F2N4O2S. The molecule has 1 aliphatic rings. The van der Waals surface area contributed by atoms with Gasteiger partial charge in [0.25, 0.3) is 0 Å². The number of hydrogen-bond acceptors (Lipinski definition) is 6. The molecule has 1 aromatic heterocycles. The lowest BCUT2D eigenvalue weighted by atomic mass is 10.2. The van der Waals surface area contributed by atoms with Gasteiger partial charge in [-0.1, -0.05) is 26.0 Å². The van der Waals surface area contributed by atoms with Crippen LogP contribution in [0.15, 0.2) is 35.2 Å². The summed E-state index contributed by atoms with van der Waals surface area (Å²) in [6.07, 6.45) is 0. The summed E-state index contributed by atoms with van der Waals surface area (Å²) in [4.78, 5) is 12.7. The molecule has 6 nitrogen and oxygen atoms in total. The largest absolute Gasteiger partial charge is 0.367 e. The zero-order chi connectivity index (χ0) is 20.5. The zero-order valence-electron chi connectivity index (χ0n) is 16.1. The molecule has 1 aliphatic heterocycles. The molecule has 0 amide bonds. The number of piperazine rings is 1. The van der Waals surface area contributed by atoms with E-state index in [-0.39, 0.29) is 10.8 Å². The number of rotatable bonds is 5. The van der Waals surface area contributed by atoms with Crippen LogP contribution in [0.1, 0.15) is 31.3 Å². The van der Waals surface area contributed by atoms with Gasteiger partial charge in [0.1, 0.15) is 11.6 Å². The molecule has 1 aromatic carbocycles. The minimum absolute atomic E-state index is 0.214. The molecule has 0 bridgehead atoms. The molecule has 0 aliphatic carbocycles. The summed E-state index contributed by atoms with van der Waals surface area (Å²) in [5.41, 5.74) is 1.22. The maximum atomic E-state index is 13.0. The van der Waals surface area contributed by atoms with Gasteiger partial charge >= 0.3 is 5.76 Å². The average Bonchev–Trinajstić information content (AvgIpc) is 2.67. The number of nitrogens with zero attached hydrogens (tertiary/aromatic N) is 4. The summed E-state index contributed by atoms with van der Waals surface area (Å²) in [6, 6.07) is 7.88. The second-order valence-electron chi connectivity index (χ2n) is 7.13. The smallest absolute Gasteiger partial charge is 0.341 e. The van der Waals surface area contributed by atoms with Gasteiger partial charge < -0.3 is 9.80 Å². The molecule has 0 radical (unpaired) electrons. The fourth-order valence-electron chi connectivity index (χ4n) is 3.23. The van der Waals surface area contributed by atoms with Gasteiger partial charge in [0.05, 0.1) is 10.6 Å². The molecule has 0 saturated carbocycles. The Kier molecular flexibility index (Phi) is 5.83. The Morgan fingerprint density at radius 2 is 1.61 bits per heavy atom. The lowest BCUT2D eigenvalue weighted by molar-refractivity contribution is 0.235. The Labute approximate surface area is 164 Å². The van der Waals surface area contributed by atoms with Crippen molar-refractivity contribution >= 4 is 21.3 Å². The highest BCUT2D eigenvalue weighted by atomic mass is 32.2. The van der Waals surface area contributed by atoms with Gasteiger partial charge in [0.15, 0.2) is 0 Å². The van der Waals surface area contributed by atoms with Crippen molar-refractivity contribution in [2.75, 3.05) is 36.0 Å². The van der Waals surface area contributed by atoms with Crippen LogP contribution < -0.4 is 9.80 Å². The van der Waals surface area contributed by atoms with Crippen molar-refractivity contribution in [3.8, 4) is 0 Å². The molecular weight excluding hydrogens is 386 g/mol. The standard InChI is InChI=1S/C19H24F2N4O2S/c1-13(2)18-22-14(3)12-17(23-18)25-10-8-24(9-11-25)15-6-4-5-7-16(15)28(26,27)19(20)21/h4-7,12-13,19H,8-11H2,1-3H3. The molecule has 0 unspecified atom stereocenters. The van der Waals surface area contributed by atoms with Crippen LogP contribution >= 0.6 is 0 Å². The molecule has 2 aromatic rings. The second-order valence-corrected chi connectivity index (χ2v) is 9.01. The minimum Gasteiger partial charge on any atom is -0.367 e. The lowest BCUT2D eigenvalue weighted by Gasteiger charge is -2.37. The topological polar surface area (TPSA) is 66.4 Å². The van der Waals surface area contributed by atoms with Crippen LogP contribution in [-0.2, 0) is 9.84 Å². The number of alkyl halides is 2. The van der Waals surface area contributed by atoms with Gasteiger partial charge in [-0.2, -0.15) is 8.78 Å². The van der Waals surface area contributed by atoms with Gasteiger partial charge in [-0.25, -0.2) is 18.4 Å². The van der Waals surface area contributed by atoms with Crippen molar-refractivity contribution in [2.45, 2.75) is 37.3 Å². The monoisotopic (exact) mass is 410 g/mol. The van der Waals surface area contributed by atoms with E-state index in [4.69, 9.17) is 0 Å². The highest BCUT2D eigenvalue weighted by Gasteiger charge is 2.31. The summed E-state index contributed by atoms with van der Waals surface area (Å²) in [5.74, 6) is -1.60. The average molecular weight is 410 g/mol. The quantitative estimate of drug-likeness (QED) is 0.754. The third kappa shape index (κ3) is 4.09. The summed E-state index contributed by atoms with van der Waals surface area (Å²) in [6.45, 7) is 8.24. The summed E-state index contributed by atoms with van der Waals surface area (Å²) in [5, 5.41) is 0. The van der Waals surface area contributed by atoms with Crippen molar-refractivity contribution in [2.24, 2.45) is 0 Å². The predicted octanol–water partition coefficient (Wildman–Crippen LogP) is 3.23. The van der Waals surface area contributed by atoms with Crippen molar-refractivity contribution in [3.05, 3.63) is 41.9 Å². The maximum Gasteiger partial charge on any atom is 0.341 e. The predicted molar refractivity (Wildman–Crippen MR) is 105 cm³/mol. The highest BCUT2D eigenvalue weighted by molar-refractivity contribution is 7.91. The van der Waals surface area contributed by atoms with Gasteiger partial charge in [-0.15, -0.1) is 0 Å². The number of aryl methyl sites for hydroxylation is 1. The van der Waals surface area contributed by atoms with E-state index < -0.39 is 15.6 Å². The Balaban J connectivity index is 1.81. The third-order valence-corrected chi connectivity index (χ3v) is 6.15. The first kappa shape index (κ1) is 20.4. The lowest BCUT2D eigenvalue weighted by Crippen LogP contribution is -2.47. The van der Waals surface area contributed by atoms with Crippen molar-refractivity contribution in [1.29, 1.82) is 0 Å².